The maximum absolute atomic E-state index is 4.57. The van der Waals surface area contributed by atoms with Gasteiger partial charge in [0, 0.05) is 22.7 Å². The molecule has 1 atom stereocenters. The molecule has 0 N–H and O–H groups in total. The molecule has 1 aliphatic heterocycles. The van der Waals surface area contributed by atoms with E-state index in [0.717, 1.165) is 5.01 Å². The molecule has 2 heterocycles. The van der Waals surface area contributed by atoms with Gasteiger partial charge in [0.25, 0.3) is 0 Å². The van der Waals surface area contributed by atoms with Crippen LogP contribution in [0.1, 0.15) is 30.7 Å². The Kier molecular flexibility index (Phi) is 3.43. The third kappa shape index (κ3) is 2.33. The Morgan fingerprint density at radius 1 is 1.17 bits per heavy atom. The third-order valence-electron chi connectivity index (χ3n) is 3.64. The van der Waals surface area contributed by atoms with Gasteiger partial charge < -0.3 is 0 Å². The first-order valence-electron chi connectivity index (χ1n) is 6.60. The van der Waals surface area contributed by atoms with E-state index in [1.165, 1.54) is 36.4 Å². The lowest BCUT2D eigenvalue weighted by Crippen LogP contribution is -2.22. The van der Waals surface area contributed by atoms with Gasteiger partial charge in [-0.05, 0) is 32.9 Å². The lowest BCUT2D eigenvalue weighted by molar-refractivity contribution is 0.266. The zero-order valence-corrected chi connectivity index (χ0v) is 11.5. The molecule has 0 aliphatic carbocycles. The third-order valence-corrected chi connectivity index (χ3v) is 4.86. The van der Waals surface area contributed by atoms with Gasteiger partial charge in [-0.3, -0.25) is 4.90 Å². The molecule has 1 unspecified atom stereocenters. The van der Waals surface area contributed by atoms with Crippen molar-refractivity contribution in [3.05, 3.63) is 41.4 Å². The first kappa shape index (κ1) is 11.9. The van der Waals surface area contributed by atoms with Crippen molar-refractivity contribution in [2.45, 2.75) is 25.8 Å². The summed E-state index contributed by atoms with van der Waals surface area (Å²) in [7, 11) is 0. The molecular weight excluding hydrogens is 240 g/mol. The largest absolute Gasteiger partial charge is 0.296 e. The Morgan fingerprint density at radius 2 is 1.89 bits per heavy atom. The van der Waals surface area contributed by atoms with Crippen LogP contribution in [0.15, 0.2) is 36.5 Å². The number of hydrogen-bond acceptors (Lipinski definition) is 3. The van der Waals surface area contributed by atoms with Gasteiger partial charge in [0.15, 0.2) is 0 Å². The van der Waals surface area contributed by atoms with Crippen LogP contribution < -0.4 is 0 Å². The highest BCUT2D eigenvalue weighted by molar-refractivity contribution is 7.15. The summed E-state index contributed by atoms with van der Waals surface area (Å²) >= 11 is 1.83. The minimum Gasteiger partial charge on any atom is -0.296 e. The molecule has 94 valence electrons. The Bertz CT molecular complexity index is 500. The predicted octanol–water partition coefficient (Wildman–Crippen LogP) is 3.97. The van der Waals surface area contributed by atoms with E-state index in [1.807, 2.05) is 17.4 Å². The predicted molar refractivity (Wildman–Crippen MR) is 76.8 cm³/mol. The Balaban J connectivity index is 1.81. The molecule has 18 heavy (non-hydrogen) atoms. The van der Waals surface area contributed by atoms with E-state index in [2.05, 4.69) is 47.3 Å². The van der Waals surface area contributed by atoms with Crippen molar-refractivity contribution in [3.63, 3.8) is 0 Å². The fourth-order valence-electron chi connectivity index (χ4n) is 2.50. The van der Waals surface area contributed by atoms with Gasteiger partial charge in [-0.1, -0.05) is 30.3 Å². The molecule has 0 bridgehead atoms. The van der Waals surface area contributed by atoms with E-state index < -0.39 is 0 Å². The van der Waals surface area contributed by atoms with Crippen molar-refractivity contribution >= 4 is 11.3 Å². The molecule has 0 spiro atoms. The normalized spacial score (nSPS) is 18.1. The first-order valence-corrected chi connectivity index (χ1v) is 7.41. The SMILES string of the molecule is CC(c1cnc(-c2ccccc2)s1)N1CCCC1. The molecule has 1 aromatic heterocycles. The number of rotatable bonds is 3. The van der Waals surface area contributed by atoms with Crippen molar-refractivity contribution in [2.75, 3.05) is 13.1 Å². The minimum absolute atomic E-state index is 0.516. The van der Waals surface area contributed by atoms with E-state index in [-0.39, 0.29) is 0 Å². The number of benzene rings is 1. The van der Waals surface area contributed by atoms with Gasteiger partial charge in [0.05, 0.1) is 0 Å². The smallest absolute Gasteiger partial charge is 0.123 e. The summed E-state index contributed by atoms with van der Waals surface area (Å²) < 4.78 is 0. The maximum atomic E-state index is 4.57. The molecule has 2 nitrogen and oxygen atoms in total. The summed E-state index contributed by atoms with van der Waals surface area (Å²) in [5.74, 6) is 0. The van der Waals surface area contributed by atoms with Gasteiger partial charge in [-0.2, -0.15) is 0 Å². The zero-order chi connectivity index (χ0) is 12.4. The number of hydrogen-bond donors (Lipinski definition) is 0. The maximum Gasteiger partial charge on any atom is 0.123 e. The highest BCUT2D eigenvalue weighted by atomic mass is 32.1. The zero-order valence-electron chi connectivity index (χ0n) is 10.7. The number of likely N-dealkylation sites (tertiary alicyclic amines) is 1. The Morgan fingerprint density at radius 3 is 2.61 bits per heavy atom. The molecule has 1 aromatic carbocycles. The quantitative estimate of drug-likeness (QED) is 0.828. The highest BCUT2D eigenvalue weighted by Crippen LogP contribution is 2.32. The summed E-state index contributed by atoms with van der Waals surface area (Å²) in [4.78, 5) is 8.51. The average molecular weight is 258 g/mol. The number of aromatic nitrogens is 1. The van der Waals surface area contributed by atoms with Gasteiger partial charge >= 0.3 is 0 Å². The Labute approximate surface area is 112 Å². The number of thiazole rings is 1. The van der Waals surface area contributed by atoms with Gasteiger partial charge in [0.2, 0.25) is 0 Å². The van der Waals surface area contributed by atoms with Crippen molar-refractivity contribution in [2.24, 2.45) is 0 Å². The van der Waals surface area contributed by atoms with E-state index in [4.69, 9.17) is 0 Å². The fraction of sp³-hybridized carbons (Fsp3) is 0.400. The van der Waals surface area contributed by atoms with Crippen LogP contribution in [0.4, 0.5) is 0 Å². The second-order valence-electron chi connectivity index (χ2n) is 4.85. The highest BCUT2D eigenvalue weighted by Gasteiger charge is 2.21. The van der Waals surface area contributed by atoms with E-state index >= 15 is 0 Å². The monoisotopic (exact) mass is 258 g/mol. The van der Waals surface area contributed by atoms with Crippen molar-refractivity contribution in [1.82, 2.24) is 9.88 Å². The molecule has 0 amide bonds. The van der Waals surface area contributed by atoms with E-state index in [9.17, 15) is 0 Å². The van der Waals surface area contributed by atoms with Crippen molar-refractivity contribution in [3.8, 4) is 10.6 Å². The molecular formula is C15H18N2S. The van der Waals surface area contributed by atoms with Crippen LogP contribution in [0.5, 0.6) is 0 Å². The standard InChI is InChI=1S/C15H18N2S/c1-12(17-9-5-6-10-17)14-11-16-15(18-14)13-7-3-2-4-8-13/h2-4,7-8,11-12H,5-6,9-10H2,1H3. The lowest BCUT2D eigenvalue weighted by Gasteiger charge is -2.21. The van der Waals surface area contributed by atoms with Crippen LogP contribution in [0, 0.1) is 0 Å². The van der Waals surface area contributed by atoms with E-state index in [0.29, 0.717) is 6.04 Å². The molecule has 1 aliphatic rings. The van der Waals surface area contributed by atoms with E-state index in [1.54, 1.807) is 0 Å². The second-order valence-corrected chi connectivity index (χ2v) is 5.92. The van der Waals surface area contributed by atoms with Crippen molar-refractivity contribution < 1.29 is 0 Å². The fourth-order valence-corrected chi connectivity index (χ4v) is 3.51. The van der Waals surface area contributed by atoms with Crippen molar-refractivity contribution in [1.29, 1.82) is 0 Å². The molecule has 1 fully saturated rings. The van der Waals surface area contributed by atoms with Gasteiger partial charge in [0.1, 0.15) is 5.01 Å². The van der Waals surface area contributed by atoms with Crippen LogP contribution in [0.3, 0.4) is 0 Å². The molecule has 0 radical (unpaired) electrons. The molecule has 0 saturated carbocycles. The van der Waals surface area contributed by atoms with Crippen LogP contribution in [0.2, 0.25) is 0 Å². The van der Waals surface area contributed by atoms with Crippen LogP contribution in [-0.2, 0) is 0 Å². The summed E-state index contributed by atoms with van der Waals surface area (Å²) in [6, 6.07) is 11.0. The molecule has 1 saturated heterocycles. The Hall–Kier alpha value is -1.19. The topological polar surface area (TPSA) is 16.1 Å². The molecule has 2 aromatic rings. The summed E-state index contributed by atoms with van der Waals surface area (Å²) in [6.07, 6.45) is 4.74. The summed E-state index contributed by atoms with van der Waals surface area (Å²) in [5.41, 5.74) is 1.22. The summed E-state index contributed by atoms with van der Waals surface area (Å²) in [6.45, 7) is 4.77. The van der Waals surface area contributed by atoms with Gasteiger partial charge in [-0.15, -0.1) is 11.3 Å². The first-order chi connectivity index (χ1) is 8.84. The van der Waals surface area contributed by atoms with Crippen LogP contribution >= 0.6 is 11.3 Å². The van der Waals surface area contributed by atoms with Gasteiger partial charge in [-0.25, -0.2) is 4.98 Å². The lowest BCUT2D eigenvalue weighted by atomic mass is 10.2. The molecule has 3 heteroatoms. The van der Waals surface area contributed by atoms with Crippen LogP contribution in [-0.4, -0.2) is 23.0 Å². The van der Waals surface area contributed by atoms with Crippen LogP contribution in [0.25, 0.3) is 10.6 Å². The second kappa shape index (κ2) is 5.21. The average Bonchev–Trinajstić information content (AvgIpc) is 3.10. The number of nitrogens with zero attached hydrogens (tertiary/aromatic N) is 2. The summed E-state index contributed by atoms with van der Waals surface area (Å²) in [5, 5.41) is 1.14. The molecule has 3 rings (SSSR count). The minimum atomic E-state index is 0.516.